The van der Waals surface area contributed by atoms with Crippen LogP contribution in [0.3, 0.4) is 0 Å². The molecule has 0 radical (unpaired) electrons. The number of halogens is 3. The van der Waals surface area contributed by atoms with Gasteiger partial charge in [0.1, 0.15) is 5.82 Å². The highest BCUT2D eigenvalue weighted by Gasteiger charge is 2.74. The zero-order valence-electron chi connectivity index (χ0n) is 11.7. The number of benzene rings is 1. The predicted molar refractivity (Wildman–Crippen MR) is 77.3 cm³/mol. The summed E-state index contributed by atoms with van der Waals surface area (Å²) in [6, 6.07) is 4.60. The molecule has 1 fully saturated rings. The second-order valence-corrected chi connectivity index (χ2v) is 7.13. The molecule has 2 unspecified atom stereocenters. The van der Waals surface area contributed by atoms with E-state index in [0.29, 0.717) is 5.56 Å². The van der Waals surface area contributed by atoms with Crippen molar-refractivity contribution in [3.05, 3.63) is 46.8 Å². The Balaban J connectivity index is 2.36. The van der Waals surface area contributed by atoms with Crippen LogP contribution < -0.4 is 5.73 Å². The molecular formula is C15H18F3NS. The monoisotopic (exact) mass is 301 g/mol. The quantitative estimate of drug-likeness (QED) is 0.901. The zero-order chi connectivity index (χ0) is 15.3. The van der Waals surface area contributed by atoms with Crippen molar-refractivity contribution >= 4 is 11.8 Å². The fourth-order valence-electron chi connectivity index (χ4n) is 2.77. The Morgan fingerprint density at radius 3 is 2.55 bits per heavy atom. The van der Waals surface area contributed by atoms with Crippen LogP contribution in [0.5, 0.6) is 0 Å². The molecule has 0 saturated heterocycles. The lowest BCUT2D eigenvalue weighted by atomic mass is 9.79. The van der Waals surface area contributed by atoms with E-state index in [4.69, 9.17) is 5.73 Å². The molecule has 1 aromatic rings. The fourth-order valence-corrected chi connectivity index (χ4v) is 3.98. The van der Waals surface area contributed by atoms with Gasteiger partial charge in [-0.3, -0.25) is 0 Å². The molecule has 2 N–H and O–H groups in total. The smallest absolute Gasteiger partial charge is 0.265 e. The first-order valence-electron chi connectivity index (χ1n) is 6.34. The van der Waals surface area contributed by atoms with E-state index in [1.165, 1.54) is 6.07 Å². The minimum absolute atomic E-state index is 0.165. The first kappa shape index (κ1) is 15.3. The van der Waals surface area contributed by atoms with Gasteiger partial charge in [-0.1, -0.05) is 49.9 Å². The van der Waals surface area contributed by atoms with Crippen LogP contribution >= 0.6 is 11.8 Å². The molecule has 1 saturated carbocycles. The second-order valence-electron chi connectivity index (χ2n) is 5.86. The van der Waals surface area contributed by atoms with Gasteiger partial charge in [-0.05, 0) is 18.6 Å². The molecule has 0 heterocycles. The molecule has 1 aromatic carbocycles. The van der Waals surface area contributed by atoms with Crippen molar-refractivity contribution in [2.75, 3.05) is 0 Å². The molecule has 0 spiro atoms. The minimum atomic E-state index is -2.85. The summed E-state index contributed by atoms with van der Waals surface area (Å²) in [4.78, 5) is 0. The lowest BCUT2D eigenvalue weighted by Gasteiger charge is -2.26. The van der Waals surface area contributed by atoms with Crippen molar-refractivity contribution in [3.8, 4) is 0 Å². The van der Waals surface area contributed by atoms with Crippen LogP contribution in [-0.4, -0.2) is 11.2 Å². The van der Waals surface area contributed by atoms with E-state index in [-0.39, 0.29) is 5.03 Å². The van der Waals surface area contributed by atoms with Crippen molar-refractivity contribution in [3.63, 3.8) is 0 Å². The maximum atomic E-state index is 14.0. The molecule has 0 amide bonds. The summed E-state index contributed by atoms with van der Waals surface area (Å²) in [7, 11) is 0. The largest absolute Gasteiger partial charge is 0.394 e. The molecular weight excluding hydrogens is 283 g/mol. The molecule has 1 aliphatic rings. The standard InChI is InChI=1S/C15H18F3NS/c1-8-5-6-11(16)10(7-8)14(3,4)12-13(15(12,17)18)20-9(2)19/h5-7,12-13H,2,19H2,1,3-4H3. The third-order valence-corrected chi connectivity index (χ3v) is 5.00. The molecule has 2 rings (SSSR count). The molecule has 1 nitrogen and oxygen atoms in total. The summed E-state index contributed by atoms with van der Waals surface area (Å²) in [6.45, 7) is 8.58. The zero-order valence-corrected chi connectivity index (χ0v) is 12.5. The summed E-state index contributed by atoms with van der Waals surface area (Å²) in [5, 5.41) is -0.771. The predicted octanol–water partition coefficient (Wildman–Crippen LogP) is 4.21. The number of aryl methyl sites for hydroxylation is 1. The summed E-state index contributed by atoms with van der Waals surface area (Å²) in [5.41, 5.74) is 5.63. The topological polar surface area (TPSA) is 26.0 Å². The molecule has 0 aromatic heterocycles. The van der Waals surface area contributed by atoms with Gasteiger partial charge in [-0.25, -0.2) is 13.2 Å². The van der Waals surface area contributed by atoms with Crippen LogP contribution in [0.1, 0.15) is 25.0 Å². The highest BCUT2D eigenvalue weighted by Crippen LogP contribution is 2.64. The van der Waals surface area contributed by atoms with Crippen LogP contribution in [0.4, 0.5) is 13.2 Å². The molecule has 110 valence electrons. The Kier molecular flexibility index (Phi) is 3.61. The number of alkyl halides is 2. The molecule has 20 heavy (non-hydrogen) atoms. The highest BCUT2D eigenvalue weighted by molar-refractivity contribution is 8.03. The fraction of sp³-hybridized carbons (Fsp3) is 0.467. The number of hydrogen-bond acceptors (Lipinski definition) is 2. The lowest BCUT2D eigenvalue weighted by Crippen LogP contribution is -2.25. The van der Waals surface area contributed by atoms with E-state index in [1.807, 2.05) is 6.92 Å². The van der Waals surface area contributed by atoms with E-state index in [9.17, 15) is 13.2 Å². The van der Waals surface area contributed by atoms with E-state index in [1.54, 1.807) is 26.0 Å². The van der Waals surface area contributed by atoms with Gasteiger partial charge in [0.2, 0.25) is 0 Å². The van der Waals surface area contributed by atoms with Crippen LogP contribution in [0, 0.1) is 18.7 Å². The van der Waals surface area contributed by atoms with Gasteiger partial charge in [0.15, 0.2) is 0 Å². The Labute approximate surface area is 121 Å². The Morgan fingerprint density at radius 2 is 2.00 bits per heavy atom. The van der Waals surface area contributed by atoms with Crippen molar-refractivity contribution in [1.82, 2.24) is 0 Å². The third kappa shape index (κ3) is 2.43. The minimum Gasteiger partial charge on any atom is -0.394 e. The number of nitrogens with two attached hydrogens (primary N) is 1. The van der Waals surface area contributed by atoms with E-state index < -0.39 is 28.3 Å². The Hall–Kier alpha value is -1.10. The number of hydrogen-bond donors (Lipinski definition) is 1. The van der Waals surface area contributed by atoms with Gasteiger partial charge in [0.05, 0.1) is 16.2 Å². The van der Waals surface area contributed by atoms with E-state index in [0.717, 1.165) is 17.3 Å². The first-order valence-corrected chi connectivity index (χ1v) is 7.22. The first-order chi connectivity index (χ1) is 9.08. The SMILES string of the molecule is C=C(N)SC1C(C(C)(C)c2cc(C)ccc2F)C1(F)F. The summed E-state index contributed by atoms with van der Waals surface area (Å²) < 4.78 is 42.0. The second kappa shape index (κ2) is 4.72. The van der Waals surface area contributed by atoms with Crippen LogP contribution in [0.25, 0.3) is 0 Å². The lowest BCUT2D eigenvalue weighted by molar-refractivity contribution is 0.0830. The molecule has 0 aliphatic heterocycles. The maximum absolute atomic E-state index is 14.0. The Bertz CT molecular complexity index is 554. The number of thioether (sulfide) groups is 1. The van der Waals surface area contributed by atoms with Gasteiger partial charge in [0.25, 0.3) is 5.92 Å². The van der Waals surface area contributed by atoms with Crippen molar-refractivity contribution < 1.29 is 13.2 Å². The van der Waals surface area contributed by atoms with Crippen LogP contribution in [0.15, 0.2) is 29.8 Å². The Morgan fingerprint density at radius 1 is 1.40 bits per heavy atom. The average molecular weight is 301 g/mol. The van der Waals surface area contributed by atoms with Crippen molar-refractivity contribution in [2.45, 2.75) is 37.4 Å². The number of rotatable bonds is 4. The molecule has 2 atom stereocenters. The van der Waals surface area contributed by atoms with E-state index in [2.05, 4.69) is 6.58 Å². The molecule has 5 heteroatoms. The molecule has 0 bridgehead atoms. The average Bonchev–Trinajstić information content (AvgIpc) is 2.83. The van der Waals surface area contributed by atoms with Gasteiger partial charge in [0, 0.05) is 5.41 Å². The van der Waals surface area contributed by atoms with Crippen LogP contribution in [0.2, 0.25) is 0 Å². The highest BCUT2D eigenvalue weighted by atomic mass is 32.2. The van der Waals surface area contributed by atoms with Crippen molar-refractivity contribution in [2.24, 2.45) is 11.7 Å². The molecule has 1 aliphatic carbocycles. The third-order valence-electron chi connectivity index (χ3n) is 3.86. The van der Waals surface area contributed by atoms with E-state index >= 15 is 0 Å². The summed E-state index contributed by atoms with van der Waals surface area (Å²) in [6.07, 6.45) is 0. The summed E-state index contributed by atoms with van der Waals surface area (Å²) >= 11 is 0.878. The van der Waals surface area contributed by atoms with Crippen molar-refractivity contribution in [1.29, 1.82) is 0 Å². The normalized spacial score (nSPS) is 24.5. The summed E-state index contributed by atoms with van der Waals surface area (Å²) in [5.74, 6) is -4.25. The van der Waals surface area contributed by atoms with Crippen LogP contribution in [-0.2, 0) is 5.41 Å². The van der Waals surface area contributed by atoms with Gasteiger partial charge in [-0.15, -0.1) is 0 Å². The maximum Gasteiger partial charge on any atom is 0.265 e. The van der Waals surface area contributed by atoms with Gasteiger partial charge >= 0.3 is 0 Å². The van der Waals surface area contributed by atoms with Gasteiger partial charge < -0.3 is 5.73 Å². The van der Waals surface area contributed by atoms with Gasteiger partial charge in [-0.2, -0.15) is 0 Å².